The van der Waals surface area contributed by atoms with Gasteiger partial charge in [0.05, 0.1) is 18.1 Å². The van der Waals surface area contributed by atoms with Crippen LogP contribution in [-0.2, 0) is 16.0 Å². The van der Waals surface area contributed by atoms with Crippen LogP contribution < -0.4 is 5.32 Å². The van der Waals surface area contributed by atoms with Crippen molar-refractivity contribution in [1.82, 2.24) is 10.3 Å². The summed E-state index contributed by atoms with van der Waals surface area (Å²) in [5.41, 5.74) is 1.36. The number of rotatable bonds is 10. The van der Waals surface area contributed by atoms with Gasteiger partial charge in [0.15, 0.2) is 5.69 Å². The molecule has 0 unspecified atom stereocenters. The number of halogens is 1. The molecule has 2 aromatic rings. The Bertz CT molecular complexity index is 971. The number of nitrogens with one attached hydrogen (secondary N) is 1. The number of ether oxygens (including phenoxy) is 1. The van der Waals surface area contributed by atoms with Gasteiger partial charge in [0.2, 0.25) is 5.89 Å². The molecular formula is C24H27ClN2O5. The molecular weight excluding hydrogens is 432 g/mol. The molecule has 0 radical (unpaired) electrons. The molecule has 2 aliphatic heterocycles. The van der Waals surface area contributed by atoms with Gasteiger partial charge in [0.1, 0.15) is 6.26 Å². The van der Waals surface area contributed by atoms with E-state index in [0.29, 0.717) is 30.3 Å². The predicted molar refractivity (Wildman–Crippen MR) is 119 cm³/mol. The summed E-state index contributed by atoms with van der Waals surface area (Å²) in [5, 5.41) is 12.3. The molecule has 4 atom stereocenters. The normalized spacial score (nSPS) is 24.3. The average molecular weight is 459 g/mol. The van der Waals surface area contributed by atoms with Gasteiger partial charge in [0.25, 0.3) is 5.91 Å². The minimum Gasteiger partial charge on any atom is -0.481 e. The Morgan fingerprint density at radius 3 is 2.75 bits per heavy atom. The van der Waals surface area contributed by atoms with Crippen LogP contribution in [0.3, 0.4) is 0 Å². The Morgan fingerprint density at radius 1 is 1.19 bits per heavy atom. The summed E-state index contributed by atoms with van der Waals surface area (Å²) in [7, 11) is 0. The number of carbonyl (C=O) groups is 2. The van der Waals surface area contributed by atoms with Crippen molar-refractivity contribution in [2.45, 2.75) is 56.7 Å². The molecule has 0 saturated carbocycles. The van der Waals surface area contributed by atoms with Gasteiger partial charge in [-0.3, -0.25) is 9.59 Å². The van der Waals surface area contributed by atoms with Gasteiger partial charge in [-0.05, 0) is 49.8 Å². The maximum atomic E-state index is 12.5. The molecule has 0 spiro atoms. The maximum absolute atomic E-state index is 12.5. The Morgan fingerprint density at radius 2 is 1.97 bits per heavy atom. The molecule has 0 aliphatic carbocycles. The zero-order valence-corrected chi connectivity index (χ0v) is 18.5. The van der Waals surface area contributed by atoms with Gasteiger partial charge >= 0.3 is 5.97 Å². The molecule has 2 N–H and O–H groups in total. The van der Waals surface area contributed by atoms with Crippen molar-refractivity contribution in [1.29, 1.82) is 0 Å². The van der Waals surface area contributed by atoms with E-state index in [0.717, 1.165) is 24.8 Å². The molecule has 2 fully saturated rings. The first-order valence-corrected chi connectivity index (χ1v) is 11.4. The fourth-order valence-electron chi connectivity index (χ4n) is 4.60. The highest BCUT2D eigenvalue weighted by Gasteiger charge is 2.51. The van der Waals surface area contributed by atoms with Crippen LogP contribution in [-0.4, -0.2) is 40.7 Å². The third-order valence-electron chi connectivity index (χ3n) is 6.18. The summed E-state index contributed by atoms with van der Waals surface area (Å²) in [5.74, 6) is -0.288. The van der Waals surface area contributed by atoms with Gasteiger partial charge in [-0.2, -0.15) is 0 Å². The summed E-state index contributed by atoms with van der Waals surface area (Å²) in [6.07, 6.45) is 9.63. The number of hydrogen-bond acceptors (Lipinski definition) is 5. The number of nitrogens with zero attached hydrogens (tertiary/aromatic N) is 1. The first-order valence-electron chi connectivity index (χ1n) is 11.0. The van der Waals surface area contributed by atoms with Gasteiger partial charge < -0.3 is 19.6 Å². The number of amides is 1. The van der Waals surface area contributed by atoms with Crippen molar-refractivity contribution in [3.05, 3.63) is 64.9 Å². The lowest BCUT2D eigenvalue weighted by Gasteiger charge is -2.24. The molecule has 1 amide bonds. The lowest BCUT2D eigenvalue weighted by molar-refractivity contribution is -0.136. The van der Waals surface area contributed by atoms with Crippen LogP contribution in [0.5, 0.6) is 0 Å². The van der Waals surface area contributed by atoms with Crippen LogP contribution >= 0.6 is 11.6 Å². The number of allylic oxidation sites excluding steroid dienone is 2. The Labute approximate surface area is 191 Å². The van der Waals surface area contributed by atoms with Crippen LogP contribution in [0.25, 0.3) is 0 Å². The van der Waals surface area contributed by atoms with Gasteiger partial charge in [0, 0.05) is 23.9 Å². The second-order valence-corrected chi connectivity index (χ2v) is 8.76. The lowest BCUT2D eigenvalue weighted by Crippen LogP contribution is -2.27. The van der Waals surface area contributed by atoms with Crippen LogP contribution in [0.4, 0.5) is 0 Å². The van der Waals surface area contributed by atoms with E-state index in [1.165, 1.54) is 6.26 Å². The number of oxazole rings is 1. The Kier molecular flexibility index (Phi) is 7.27. The molecule has 4 rings (SSSR count). The summed E-state index contributed by atoms with van der Waals surface area (Å²) < 4.78 is 11.8. The Hall–Kier alpha value is -2.64. The average Bonchev–Trinajstić information content (AvgIpc) is 3.51. The van der Waals surface area contributed by atoms with E-state index >= 15 is 0 Å². The first-order chi connectivity index (χ1) is 15.5. The van der Waals surface area contributed by atoms with E-state index in [1.54, 1.807) is 0 Å². The summed E-state index contributed by atoms with van der Waals surface area (Å²) in [6, 6.07) is 7.54. The van der Waals surface area contributed by atoms with Crippen molar-refractivity contribution in [3.63, 3.8) is 0 Å². The summed E-state index contributed by atoms with van der Waals surface area (Å²) in [6.45, 7) is 0.490. The molecule has 1 aromatic carbocycles. The highest BCUT2D eigenvalue weighted by molar-refractivity contribution is 6.30. The summed E-state index contributed by atoms with van der Waals surface area (Å²) >= 11 is 5.90. The second-order valence-electron chi connectivity index (χ2n) is 8.32. The van der Waals surface area contributed by atoms with Gasteiger partial charge in [-0.25, -0.2) is 4.98 Å². The molecule has 2 saturated heterocycles. The quantitative estimate of drug-likeness (QED) is 0.512. The Balaban J connectivity index is 1.33. The number of fused-ring (bicyclic) bond motifs is 2. The van der Waals surface area contributed by atoms with E-state index in [1.807, 2.05) is 36.4 Å². The number of carboxylic acids is 1. The van der Waals surface area contributed by atoms with Crippen LogP contribution in [0.1, 0.15) is 60.0 Å². The smallest absolute Gasteiger partial charge is 0.303 e. The van der Waals surface area contributed by atoms with Crippen molar-refractivity contribution in [2.75, 3.05) is 6.54 Å². The minimum absolute atomic E-state index is 0.00786. The molecule has 8 heteroatoms. The zero-order chi connectivity index (χ0) is 22.5. The third-order valence-corrected chi connectivity index (χ3v) is 6.43. The number of aromatic nitrogens is 1. The highest BCUT2D eigenvalue weighted by Crippen LogP contribution is 2.50. The van der Waals surface area contributed by atoms with Crippen LogP contribution in [0.15, 0.2) is 47.1 Å². The SMILES string of the molecule is O=C(O)CCC=CC[C@@H]1[C@H](c2nc(C(=O)NCCc3ccc(Cl)cc3)co2)[C@H]2CC[C@@H]1O2. The fraction of sp³-hybridized carbons (Fsp3) is 0.458. The third kappa shape index (κ3) is 5.40. The maximum Gasteiger partial charge on any atom is 0.303 e. The fourth-order valence-corrected chi connectivity index (χ4v) is 4.73. The molecule has 32 heavy (non-hydrogen) atoms. The van der Waals surface area contributed by atoms with Gasteiger partial charge in [-0.15, -0.1) is 0 Å². The van der Waals surface area contributed by atoms with Crippen molar-refractivity contribution < 1.29 is 23.8 Å². The van der Waals surface area contributed by atoms with Gasteiger partial charge in [-0.1, -0.05) is 35.9 Å². The zero-order valence-electron chi connectivity index (χ0n) is 17.7. The molecule has 2 aliphatic rings. The van der Waals surface area contributed by atoms with Crippen molar-refractivity contribution in [3.8, 4) is 0 Å². The molecule has 2 bridgehead atoms. The first kappa shape index (κ1) is 22.6. The van der Waals surface area contributed by atoms with Crippen LogP contribution in [0, 0.1) is 5.92 Å². The predicted octanol–water partition coefficient (Wildman–Crippen LogP) is 4.37. The number of aliphatic carboxylic acids is 1. The largest absolute Gasteiger partial charge is 0.481 e. The van der Waals surface area contributed by atoms with E-state index in [2.05, 4.69) is 10.3 Å². The number of carboxylic acid groups (broad SMARTS) is 1. The summed E-state index contributed by atoms with van der Waals surface area (Å²) in [4.78, 5) is 27.7. The second kappa shape index (κ2) is 10.3. The van der Waals surface area contributed by atoms with Crippen LogP contribution in [0.2, 0.25) is 5.02 Å². The van der Waals surface area contributed by atoms with E-state index in [4.69, 9.17) is 25.9 Å². The van der Waals surface area contributed by atoms with E-state index in [-0.39, 0.29) is 42.1 Å². The van der Waals surface area contributed by atoms with Crippen molar-refractivity contribution >= 4 is 23.5 Å². The number of hydrogen-bond donors (Lipinski definition) is 2. The monoisotopic (exact) mass is 458 g/mol. The number of benzene rings is 1. The van der Waals surface area contributed by atoms with E-state index in [9.17, 15) is 9.59 Å². The number of carbonyl (C=O) groups excluding carboxylic acids is 1. The highest BCUT2D eigenvalue weighted by atomic mass is 35.5. The lowest BCUT2D eigenvalue weighted by atomic mass is 9.77. The standard InChI is InChI=1S/C24H27ClN2O5/c25-16-8-6-15(7-9-16)12-13-26-23(30)18-14-31-24(27-18)22-17(19-10-11-20(22)32-19)4-2-1-3-5-21(28)29/h1-2,6-9,14,17,19-20,22H,3-5,10-13H2,(H,26,30)(H,28,29)/t17-,19-,20+,22-/m0/s1. The topological polar surface area (TPSA) is 102 Å². The molecule has 170 valence electrons. The van der Waals surface area contributed by atoms with E-state index < -0.39 is 5.97 Å². The molecule has 7 nitrogen and oxygen atoms in total. The minimum atomic E-state index is -0.797. The molecule has 3 heterocycles. The molecule has 1 aromatic heterocycles. The van der Waals surface area contributed by atoms with Crippen molar-refractivity contribution in [2.24, 2.45) is 5.92 Å².